The number of nitrogens with one attached hydrogen (secondary N) is 1. The Morgan fingerprint density at radius 1 is 0.872 bits per heavy atom. The molecule has 0 amide bonds. The molecule has 0 saturated heterocycles. The van der Waals surface area contributed by atoms with Crippen LogP contribution in [0.1, 0.15) is 5.56 Å². The zero-order valence-electron chi connectivity index (χ0n) is 18.4. The van der Waals surface area contributed by atoms with Crippen LogP contribution in [0.2, 0.25) is 0 Å². The molecule has 1 aliphatic heterocycles. The van der Waals surface area contributed by atoms with Crippen molar-refractivity contribution >= 4 is 101 Å². The number of benzene rings is 3. The Hall–Kier alpha value is -2.92. The monoisotopic (exact) mass is 700 g/mol. The van der Waals surface area contributed by atoms with Crippen LogP contribution in [0.5, 0.6) is 0 Å². The van der Waals surface area contributed by atoms with Crippen molar-refractivity contribution in [3.63, 3.8) is 0 Å². The van der Waals surface area contributed by atoms with Crippen LogP contribution in [-0.2, 0) is 20.2 Å². The second-order valence-corrected chi connectivity index (χ2v) is 11.5. The Labute approximate surface area is 255 Å². The van der Waals surface area contributed by atoms with E-state index in [1.807, 2.05) is 22.6 Å². The number of hydrogen-bond acceptors (Lipinski definition) is 12. The summed E-state index contributed by atoms with van der Waals surface area (Å²) in [6, 6.07) is 11.6. The summed E-state index contributed by atoms with van der Waals surface area (Å²) < 4.78 is 67.1. The van der Waals surface area contributed by atoms with E-state index >= 15 is 0 Å². The Kier molecular flexibility index (Phi) is 8.86. The van der Waals surface area contributed by atoms with Gasteiger partial charge in [-0.15, -0.1) is 10.2 Å². The Bertz CT molecular complexity index is 1740. The van der Waals surface area contributed by atoms with Crippen molar-refractivity contribution in [3.8, 4) is 0 Å². The maximum atomic E-state index is 12.1. The molecule has 0 atom stereocenters. The van der Waals surface area contributed by atoms with Crippen molar-refractivity contribution in [1.82, 2.24) is 5.43 Å². The van der Waals surface area contributed by atoms with E-state index in [0.29, 0.717) is 11.8 Å². The fourth-order valence-electron chi connectivity index (χ4n) is 3.35. The first-order valence-electron chi connectivity index (χ1n) is 9.90. The van der Waals surface area contributed by atoms with Crippen LogP contribution >= 0.6 is 22.6 Å². The quantitative estimate of drug-likeness (QED) is 0.106. The molecule has 0 saturated carbocycles. The molecule has 1 aliphatic rings. The van der Waals surface area contributed by atoms with E-state index in [1.54, 1.807) is 24.3 Å². The third-order valence-corrected chi connectivity index (χ3v) is 7.50. The van der Waals surface area contributed by atoms with Crippen molar-refractivity contribution in [1.29, 1.82) is 0 Å². The van der Waals surface area contributed by atoms with E-state index in [9.17, 15) is 46.2 Å². The van der Waals surface area contributed by atoms with Gasteiger partial charge in [0.2, 0.25) is 0 Å². The second-order valence-electron chi connectivity index (χ2n) is 7.43. The number of hydrogen-bond donors (Lipinski definition) is 3. The van der Waals surface area contributed by atoms with Crippen molar-refractivity contribution in [2.24, 2.45) is 5.10 Å². The van der Waals surface area contributed by atoms with E-state index in [1.165, 1.54) is 0 Å². The van der Waals surface area contributed by atoms with Gasteiger partial charge in [0.05, 0.1) is 26.5 Å². The minimum atomic E-state index is -5.08. The van der Waals surface area contributed by atoms with Crippen LogP contribution in [0.15, 0.2) is 75.6 Å². The fourth-order valence-corrected chi connectivity index (χ4v) is 5.01. The van der Waals surface area contributed by atoms with Gasteiger partial charge in [-0.3, -0.25) is 34.8 Å². The van der Waals surface area contributed by atoms with E-state index < -0.39 is 51.2 Å². The van der Waals surface area contributed by atoms with E-state index in [0.717, 1.165) is 44.1 Å². The average Bonchev–Trinajstić information content (AvgIpc) is 3.27. The van der Waals surface area contributed by atoms with Gasteiger partial charge in [0.25, 0.3) is 25.9 Å². The fraction of sp³-hybridized carbons (Fsp3) is 0. The van der Waals surface area contributed by atoms with Crippen LogP contribution in [-0.4, -0.2) is 71.2 Å². The summed E-state index contributed by atoms with van der Waals surface area (Å²) >= 11 is 2.04. The van der Waals surface area contributed by atoms with E-state index in [-0.39, 0.29) is 46.6 Å². The Balaban J connectivity index is 0.00000420. The number of rotatable bonds is 7. The van der Waals surface area contributed by atoms with Crippen molar-refractivity contribution < 1.29 is 35.8 Å². The summed E-state index contributed by atoms with van der Waals surface area (Å²) in [5.41, 5.74) is 1.17. The predicted molar refractivity (Wildman–Crippen MR) is 147 cm³/mol. The number of amidine groups is 1. The van der Waals surface area contributed by atoms with Crippen molar-refractivity contribution in [2.45, 2.75) is 9.79 Å². The number of anilines is 2. The first-order valence-corrected chi connectivity index (χ1v) is 13.9. The average molecular weight is 700 g/mol. The minimum absolute atomic E-state index is 0. The van der Waals surface area contributed by atoms with Crippen LogP contribution in [0.3, 0.4) is 0 Å². The molecule has 3 N–H and O–H groups in total. The third-order valence-electron chi connectivity index (χ3n) is 5.03. The molecule has 200 valence electrons. The van der Waals surface area contributed by atoms with Gasteiger partial charge in [-0.2, -0.15) is 22.0 Å². The molecular weight excluding hydrogens is 686 g/mol. The van der Waals surface area contributed by atoms with Crippen LogP contribution < -0.4 is 15.7 Å². The van der Waals surface area contributed by atoms with Crippen LogP contribution in [0.4, 0.5) is 22.7 Å². The number of nitro benzene ring substituents is 2. The molecule has 3 aromatic carbocycles. The van der Waals surface area contributed by atoms with Gasteiger partial charge in [0, 0.05) is 15.2 Å². The molecule has 20 heteroatoms. The van der Waals surface area contributed by atoms with Gasteiger partial charge in [-0.1, -0.05) is 0 Å². The van der Waals surface area contributed by atoms with Crippen LogP contribution in [0, 0.1) is 23.8 Å². The zero-order valence-corrected chi connectivity index (χ0v) is 22.2. The second kappa shape index (κ2) is 11.3. The van der Waals surface area contributed by atoms with E-state index in [2.05, 4.69) is 10.5 Å². The molecule has 0 bridgehead atoms. The number of nitro groups is 2. The van der Waals surface area contributed by atoms with Gasteiger partial charge in [0.15, 0.2) is 11.5 Å². The summed E-state index contributed by atoms with van der Waals surface area (Å²) in [4.78, 5) is 19.5. The molecule has 0 spiro atoms. The number of hydrazine groups is 2. The zero-order chi connectivity index (χ0) is 28.0. The number of hydrazone groups is 1. The van der Waals surface area contributed by atoms with E-state index in [4.69, 9.17) is 0 Å². The van der Waals surface area contributed by atoms with Gasteiger partial charge in [-0.25, -0.2) is 0 Å². The molecule has 0 radical (unpaired) electrons. The normalized spacial score (nSPS) is 13.4. The third kappa shape index (κ3) is 6.46. The Morgan fingerprint density at radius 3 is 2.05 bits per heavy atom. The van der Waals surface area contributed by atoms with Crippen molar-refractivity contribution in [3.05, 3.63) is 90.0 Å². The molecule has 0 aliphatic carbocycles. The SMILES string of the molecule is O=[N+]([O-])c1ccc(N2N=C(c3ccc(S(=O)(=O)O)cc3S(=O)(=O)O)NN2c2ccc(I)cc2)c([N+](=O)[O-])c1.[NaH]. The first-order chi connectivity index (χ1) is 17.7. The summed E-state index contributed by atoms with van der Waals surface area (Å²) in [5, 5.41) is 29.2. The molecule has 1 heterocycles. The molecule has 0 fully saturated rings. The topological polar surface area (TPSA) is 226 Å². The number of non-ortho nitro benzene ring substituents is 1. The van der Waals surface area contributed by atoms with Gasteiger partial charge >= 0.3 is 35.2 Å². The summed E-state index contributed by atoms with van der Waals surface area (Å²) in [7, 11) is -9.93. The van der Waals surface area contributed by atoms with Crippen LogP contribution in [0.25, 0.3) is 0 Å². The molecular formula is C19H14IN6NaO10S2. The molecule has 0 unspecified atom stereocenters. The summed E-state index contributed by atoms with van der Waals surface area (Å²) in [5.74, 6) is -0.314. The molecule has 3 aromatic rings. The molecule has 16 nitrogen and oxygen atoms in total. The van der Waals surface area contributed by atoms with Crippen molar-refractivity contribution in [2.75, 3.05) is 10.2 Å². The summed E-state index contributed by atoms with van der Waals surface area (Å²) in [6.07, 6.45) is 0. The number of halogens is 1. The number of nitrogens with zero attached hydrogens (tertiary/aromatic N) is 5. The Morgan fingerprint density at radius 2 is 1.51 bits per heavy atom. The molecule has 4 rings (SSSR count). The summed E-state index contributed by atoms with van der Waals surface area (Å²) in [6.45, 7) is 0. The predicted octanol–water partition coefficient (Wildman–Crippen LogP) is 2.06. The van der Waals surface area contributed by atoms with Gasteiger partial charge in [-0.05, 0) is 71.1 Å². The first kappa shape index (κ1) is 30.6. The van der Waals surface area contributed by atoms with Gasteiger partial charge < -0.3 is 0 Å². The van der Waals surface area contributed by atoms with Gasteiger partial charge in [0.1, 0.15) is 4.90 Å². The molecule has 39 heavy (non-hydrogen) atoms. The molecule has 0 aromatic heterocycles. The standard InChI is InChI=1S/C19H13IN6O10S2.Na.H/c20-11-1-3-12(4-2-11)23-21-19(15-7-6-14(37(31,32)33)10-18(15)38(34,35)36)22-24(23)16-8-5-13(25(27)28)9-17(16)26(29)30;;/h1-10H,(H,21,22)(H,31,32,33)(H,34,35,36);;. The maximum absolute atomic E-state index is 12.1.